The van der Waals surface area contributed by atoms with Crippen molar-refractivity contribution in [3.05, 3.63) is 39.8 Å². The minimum atomic E-state index is 0.510. The molecule has 2 rings (SSSR count). The molecule has 0 unspecified atom stereocenters. The van der Waals surface area contributed by atoms with Crippen LogP contribution >= 0.6 is 11.3 Å². The maximum Gasteiger partial charge on any atom is 0.0760 e. The van der Waals surface area contributed by atoms with E-state index in [0.717, 1.165) is 12.2 Å². The van der Waals surface area contributed by atoms with Gasteiger partial charge in [-0.25, -0.2) is 0 Å². The van der Waals surface area contributed by atoms with Crippen LogP contribution in [0, 0.1) is 6.92 Å². The second-order valence-corrected chi connectivity index (χ2v) is 4.39. The van der Waals surface area contributed by atoms with Gasteiger partial charge in [0.05, 0.1) is 12.2 Å². The quantitative estimate of drug-likeness (QED) is 0.833. The average Bonchev–Trinajstić information content (AvgIpc) is 2.76. The van der Waals surface area contributed by atoms with Gasteiger partial charge in [0.25, 0.3) is 0 Å². The molecule has 2 aromatic heterocycles. The maximum atomic E-state index is 5.49. The second kappa shape index (κ2) is 3.94. The molecule has 0 saturated heterocycles. The normalized spacial score (nSPS) is 10.7. The predicted molar refractivity (Wildman–Crippen MR) is 58.3 cm³/mol. The summed E-state index contributed by atoms with van der Waals surface area (Å²) in [5.74, 6) is 0. The molecule has 14 heavy (non-hydrogen) atoms. The van der Waals surface area contributed by atoms with Gasteiger partial charge in [0, 0.05) is 17.6 Å². The lowest BCUT2D eigenvalue weighted by Gasteiger charge is -1.97. The van der Waals surface area contributed by atoms with Gasteiger partial charge in [-0.05, 0) is 30.0 Å². The van der Waals surface area contributed by atoms with Gasteiger partial charge in [-0.15, -0.1) is 11.3 Å². The van der Waals surface area contributed by atoms with Crippen molar-refractivity contribution in [1.82, 2.24) is 9.78 Å². The van der Waals surface area contributed by atoms with Crippen molar-refractivity contribution < 1.29 is 0 Å². The van der Waals surface area contributed by atoms with Crippen molar-refractivity contribution in [1.29, 1.82) is 0 Å². The van der Waals surface area contributed by atoms with Crippen LogP contribution in [0.2, 0.25) is 0 Å². The van der Waals surface area contributed by atoms with E-state index in [1.807, 2.05) is 16.9 Å². The average molecular weight is 207 g/mol. The smallest absolute Gasteiger partial charge is 0.0760 e. The lowest BCUT2D eigenvalue weighted by atomic mass is 10.3. The molecule has 2 heterocycles. The summed E-state index contributed by atoms with van der Waals surface area (Å²) in [7, 11) is 0. The van der Waals surface area contributed by atoms with E-state index in [4.69, 9.17) is 5.73 Å². The molecule has 0 bridgehead atoms. The molecule has 0 saturated carbocycles. The van der Waals surface area contributed by atoms with E-state index in [1.165, 1.54) is 10.4 Å². The molecular formula is C10H13N3S. The van der Waals surface area contributed by atoms with Crippen LogP contribution in [0.25, 0.3) is 0 Å². The summed E-state index contributed by atoms with van der Waals surface area (Å²) < 4.78 is 1.92. The largest absolute Gasteiger partial charge is 0.325 e. The van der Waals surface area contributed by atoms with Crippen LogP contribution in [-0.2, 0) is 13.1 Å². The highest BCUT2D eigenvalue weighted by molar-refractivity contribution is 7.10. The number of hydrogen-bond acceptors (Lipinski definition) is 3. The summed E-state index contributed by atoms with van der Waals surface area (Å²) in [6, 6.07) is 4.15. The number of thiophene rings is 1. The number of aryl methyl sites for hydroxylation is 1. The minimum Gasteiger partial charge on any atom is -0.325 e. The van der Waals surface area contributed by atoms with E-state index in [2.05, 4.69) is 23.5 Å². The number of nitrogens with two attached hydrogens (primary N) is 1. The number of aromatic nitrogens is 2. The summed E-state index contributed by atoms with van der Waals surface area (Å²) in [5, 5.41) is 6.50. The fraction of sp³-hybridized carbons (Fsp3) is 0.300. The zero-order valence-corrected chi connectivity index (χ0v) is 8.92. The van der Waals surface area contributed by atoms with E-state index in [-0.39, 0.29) is 0 Å². The molecule has 0 spiro atoms. The Morgan fingerprint density at radius 2 is 2.43 bits per heavy atom. The van der Waals surface area contributed by atoms with Crippen molar-refractivity contribution in [2.75, 3.05) is 0 Å². The van der Waals surface area contributed by atoms with Crippen LogP contribution in [0.5, 0.6) is 0 Å². The molecule has 4 heteroatoms. The predicted octanol–water partition coefficient (Wildman–Crippen LogP) is 1.76. The fourth-order valence-corrected chi connectivity index (χ4v) is 2.07. The summed E-state index contributed by atoms with van der Waals surface area (Å²) in [6.45, 7) is 3.46. The first kappa shape index (κ1) is 9.43. The Morgan fingerprint density at radius 1 is 1.57 bits per heavy atom. The van der Waals surface area contributed by atoms with Crippen LogP contribution < -0.4 is 5.73 Å². The number of rotatable bonds is 3. The Balaban J connectivity index is 2.10. The summed E-state index contributed by atoms with van der Waals surface area (Å²) >= 11 is 1.77. The van der Waals surface area contributed by atoms with Gasteiger partial charge in [0.2, 0.25) is 0 Å². The van der Waals surface area contributed by atoms with Crippen molar-refractivity contribution in [2.45, 2.75) is 20.0 Å². The molecule has 2 N–H and O–H groups in total. The zero-order chi connectivity index (χ0) is 9.97. The highest BCUT2D eigenvalue weighted by Crippen LogP contribution is 2.13. The Labute approximate surface area is 87.2 Å². The van der Waals surface area contributed by atoms with E-state index < -0.39 is 0 Å². The van der Waals surface area contributed by atoms with Crippen LogP contribution in [0.4, 0.5) is 0 Å². The van der Waals surface area contributed by atoms with Gasteiger partial charge in [0.1, 0.15) is 0 Å². The van der Waals surface area contributed by atoms with E-state index >= 15 is 0 Å². The van der Waals surface area contributed by atoms with Crippen LogP contribution in [0.3, 0.4) is 0 Å². The molecule has 3 nitrogen and oxygen atoms in total. The third-order valence-corrected chi connectivity index (χ3v) is 2.94. The fourth-order valence-electron chi connectivity index (χ4n) is 1.37. The molecule has 0 aliphatic heterocycles. The third kappa shape index (κ3) is 2.02. The monoisotopic (exact) mass is 207 g/mol. The third-order valence-electron chi connectivity index (χ3n) is 2.03. The molecule has 2 aromatic rings. The molecule has 0 aliphatic carbocycles. The summed E-state index contributed by atoms with van der Waals surface area (Å²) in [6.07, 6.45) is 1.97. The Kier molecular flexibility index (Phi) is 2.65. The number of hydrogen-bond donors (Lipinski definition) is 1. The van der Waals surface area contributed by atoms with E-state index in [0.29, 0.717) is 6.54 Å². The molecule has 0 aromatic carbocycles. The van der Waals surface area contributed by atoms with Crippen LogP contribution in [0.1, 0.15) is 16.1 Å². The molecule has 0 amide bonds. The van der Waals surface area contributed by atoms with Crippen molar-refractivity contribution in [3.8, 4) is 0 Å². The summed E-state index contributed by atoms with van der Waals surface area (Å²) in [5.41, 5.74) is 7.73. The van der Waals surface area contributed by atoms with Crippen molar-refractivity contribution in [3.63, 3.8) is 0 Å². The standard InChI is InChI=1S/C10H13N3S/c1-8-4-9(7-14-8)6-13-3-2-10(5-11)12-13/h2-4,7H,5-6,11H2,1H3. The Bertz CT molecular complexity index is 416. The van der Waals surface area contributed by atoms with Crippen molar-refractivity contribution >= 4 is 11.3 Å². The Hall–Kier alpha value is -1.13. The van der Waals surface area contributed by atoms with E-state index in [9.17, 15) is 0 Å². The Morgan fingerprint density at radius 3 is 3.00 bits per heavy atom. The molecule has 0 radical (unpaired) electrons. The topological polar surface area (TPSA) is 43.8 Å². The lowest BCUT2D eigenvalue weighted by Crippen LogP contribution is -2.02. The molecule has 0 aliphatic rings. The van der Waals surface area contributed by atoms with Gasteiger partial charge < -0.3 is 5.73 Å². The van der Waals surface area contributed by atoms with Crippen LogP contribution in [0.15, 0.2) is 23.7 Å². The molecule has 0 atom stereocenters. The SMILES string of the molecule is Cc1cc(Cn2ccc(CN)n2)cs1. The first-order valence-corrected chi connectivity index (χ1v) is 5.42. The first-order chi connectivity index (χ1) is 6.78. The van der Waals surface area contributed by atoms with E-state index in [1.54, 1.807) is 11.3 Å². The zero-order valence-electron chi connectivity index (χ0n) is 8.10. The van der Waals surface area contributed by atoms with Gasteiger partial charge in [-0.1, -0.05) is 0 Å². The van der Waals surface area contributed by atoms with Gasteiger partial charge in [0.15, 0.2) is 0 Å². The highest BCUT2D eigenvalue weighted by Gasteiger charge is 1.99. The van der Waals surface area contributed by atoms with Crippen LogP contribution in [-0.4, -0.2) is 9.78 Å². The van der Waals surface area contributed by atoms with Crippen molar-refractivity contribution in [2.24, 2.45) is 5.73 Å². The van der Waals surface area contributed by atoms with Gasteiger partial charge in [-0.3, -0.25) is 4.68 Å². The lowest BCUT2D eigenvalue weighted by molar-refractivity contribution is 0.673. The van der Waals surface area contributed by atoms with Gasteiger partial charge >= 0.3 is 0 Å². The maximum absolute atomic E-state index is 5.49. The summed E-state index contributed by atoms with van der Waals surface area (Å²) in [4.78, 5) is 1.34. The molecular weight excluding hydrogens is 194 g/mol. The second-order valence-electron chi connectivity index (χ2n) is 3.27. The number of nitrogens with zero attached hydrogens (tertiary/aromatic N) is 2. The molecule has 74 valence electrons. The highest BCUT2D eigenvalue weighted by atomic mass is 32.1. The van der Waals surface area contributed by atoms with Gasteiger partial charge in [-0.2, -0.15) is 5.10 Å². The molecule has 0 fully saturated rings. The minimum absolute atomic E-state index is 0.510. The first-order valence-electron chi connectivity index (χ1n) is 4.54.